The van der Waals surface area contributed by atoms with Crippen molar-refractivity contribution in [2.75, 3.05) is 0 Å². The van der Waals surface area contributed by atoms with Gasteiger partial charge in [0, 0.05) is 11.3 Å². The molecule has 0 saturated heterocycles. The van der Waals surface area contributed by atoms with Crippen molar-refractivity contribution in [2.45, 2.75) is 34.6 Å². The van der Waals surface area contributed by atoms with E-state index in [2.05, 4.69) is 47.7 Å². The molecule has 118 valence electrons. The van der Waals surface area contributed by atoms with Crippen LogP contribution in [0, 0.1) is 27.7 Å². The maximum Gasteiger partial charge on any atom is 0.273 e. The number of nitrogens with zero attached hydrogens (tertiary/aromatic N) is 3. The molecule has 2 aromatic rings. The minimum atomic E-state index is -0.166. The summed E-state index contributed by atoms with van der Waals surface area (Å²) in [7, 11) is 0. The smallest absolute Gasteiger partial charge is 0.267 e. The van der Waals surface area contributed by atoms with Gasteiger partial charge in [-0.25, -0.2) is 10.1 Å². The Balaban J connectivity index is 2.10. The van der Waals surface area contributed by atoms with Crippen molar-refractivity contribution in [1.82, 2.24) is 15.2 Å². The van der Waals surface area contributed by atoms with Gasteiger partial charge in [0.25, 0.3) is 5.91 Å². The van der Waals surface area contributed by atoms with E-state index < -0.39 is 0 Å². The number of hydrogen-bond donors (Lipinski definition) is 1. The molecule has 5 heteroatoms. The minimum absolute atomic E-state index is 0.166. The number of aryl methyl sites for hydroxylation is 3. The Bertz CT molecular complexity index is 871. The molecule has 1 N–H and O–H groups in total. The highest BCUT2D eigenvalue weighted by Crippen LogP contribution is 2.23. The Morgan fingerprint density at radius 1 is 1.09 bits per heavy atom. The maximum absolute atomic E-state index is 11.8. The summed E-state index contributed by atoms with van der Waals surface area (Å²) in [4.78, 5) is 11.8. The lowest BCUT2D eigenvalue weighted by Crippen LogP contribution is -2.12. The number of nitrogens with one attached hydrogen (secondary N) is 1. The van der Waals surface area contributed by atoms with Crippen molar-refractivity contribution in [3.05, 3.63) is 51.9 Å². The lowest BCUT2D eigenvalue weighted by atomic mass is 10.1. The average molecular weight is 308 g/mol. The van der Waals surface area contributed by atoms with E-state index >= 15 is 0 Å². The van der Waals surface area contributed by atoms with Crippen molar-refractivity contribution in [3.8, 4) is 5.69 Å². The summed E-state index contributed by atoms with van der Waals surface area (Å²) < 4.78 is 1.92. The SMILES string of the molecule is CC1=NNC(=O)/C1=C\c1c(C)nn(-c2ccc(C)c(C)c2)c1C. The molecular formula is C18H20N4O. The van der Waals surface area contributed by atoms with Crippen LogP contribution in [-0.4, -0.2) is 21.4 Å². The molecule has 1 amide bonds. The summed E-state index contributed by atoms with van der Waals surface area (Å²) in [6, 6.07) is 6.29. The van der Waals surface area contributed by atoms with Gasteiger partial charge in [0.1, 0.15) is 0 Å². The number of hydrazone groups is 1. The molecule has 0 radical (unpaired) electrons. The summed E-state index contributed by atoms with van der Waals surface area (Å²) in [5.41, 5.74) is 10.2. The molecule has 0 atom stereocenters. The molecule has 0 bridgehead atoms. The fourth-order valence-corrected chi connectivity index (χ4v) is 2.71. The molecule has 3 rings (SSSR count). The van der Waals surface area contributed by atoms with Gasteiger partial charge in [-0.1, -0.05) is 6.07 Å². The van der Waals surface area contributed by atoms with Crippen LogP contribution in [0.5, 0.6) is 0 Å². The number of carbonyl (C=O) groups is 1. The van der Waals surface area contributed by atoms with E-state index in [1.807, 2.05) is 31.5 Å². The third-order valence-corrected chi connectivity index (χ3v) is 4.33. The topological polar surface area (TPSA) is 59.3 Å². The van der Waals surface area contributed by atoms with Crippen LogP contribution in [-0.2, 0) is 4.79 Å². The highest BCUT2D eigenvalue weighted by molar-refractivity contribution is 6.26. The Kier molecular flexibility index (Phi) is 3.64. The van der Waals surface area contributed by atoms with Gasteiger partial charge in [-0.05, 0) is 64.0 Å². The molecule has 1 aliphatic rings. The van der Waals surface area contributed by atoms with Gasteiger partial charge in [0.05, 0.1) is 22.7 Å². The number of rotatable bonds is 2. The molecule has 0 aliphatic carbocycles. The molecule has 1 aliphatic heterocycles. The predicted molar refractivity (Wildman–Crippen MR) is 91.7 cm³/mol. The van der Waals surface area contributed by atoms with Gasteiger partial charge < -0.3 is 0 Å². The highest BCUT2D eigenvalue weighted by Gasteiger charge is 2.21. The van der Waals surface area contributed by atoms with E-state index in [4.69, 9.17) is 0 Å². The van der Waals surface area contributed by atoms with Crippen molar-refractivity contribution in [3.63, 3.8) is 0 Å². The number of hydrogen-bond acceptors (Lipinski definition) is 3. The van der Waals surface area contributed by atoms with Crippen LogP contribution in [0.3, 0.4) is 0 Å². The largest absolute Gasteiger partial charge is 0.273 e. The number of benzene rings is 1. The van der Waals surface area contributed by atoms with Crippen LogP contribution in [0.15, 0.2) is 28.9 Å². The second-order valence-electron chi connectivity index (χ2n) is 5.96. The van der Waals surface area contributed by atoms with Crippen LogP contribution in [0.25, 0.3) is 11.8 Å². The van der Waals surface area contributed by atoms with E-state index in [0.717, 1.165) is 22.6 Å². The van der Waals surface area contributed by atoms with E-state index in [1.54, 1.807) is 0 Å². The fraction of sp³-hybridized carbons (Fsp3) is 0.278. The standard InChI is InChI=1S/C18H20N4O/c1-10-6-7-15(8-11(10)2)22-14(5)16(13(4)21-22)9-17-12(3)19-20-18(17)23/h6-9H,1-5H3,(H,20,23)/b17-9-. The normalized spacial score (nSPS) is 16.0. The lowest BCUT2D eigenvalue weighted by molar-refractivity contribution is -0.116. The quantitative estimate of drug-likeness (QED) is 0.867. The minimum Gasteiger partial charge on any atom is -0.267 e. The molecular weight excluding hydrogens is 288 g/mol. The second-order valence-corrected chi connectivity index (χ2v) is 5.96. The summed E-state index contributed by atoms with van der Waals surface area (Å²) in [6.07, 6.45) is 1.87. The predicted octanol–water partition coefficient (Wildman–Crippen LogP) is 3.00. The van der Waals surface area contributed by atoms with E-state index in [1.165, 1.54) is 11.1 Å². The van der Waals surface area contributed by atoms with Crippen LogP contribution in [0.2, 0.25) is 0 Å². The molecule has 23 heavy (non-hydrogen) atoms. The third kappa shape index (κ3) is 2.59. The number of carbonyl (C=O) groups excluding carboxylic acids is 1. The first-order valence-electron chi connectivity index (χ1n) is 7.59. The molecule has 1 aromatic carbocycles. The maximum atomic E-state index is 11.8. The van der Waals surface area contributed by atoms with Crippen molar-refractivity contribution in [2.24, 2.45) is 5.10 Å². The monoisotopic (exact) mass is 308 g/mol. The second kappa shape index (κ2) is 5.50. The lowest BCUT2D eigenvalue weighted by Gasteiger charge is -2.07. The van der Waals surface area contributed by atoms with E-state index in [0.29, 0.717) is 11.3 Å². The Hall–Kier alpha value is -2.69. The number of amides is 1. The summed E-state index contributed by atoms with van der Waals surface area (Å²) in [5, 5.41) is 8.61. The first-order chi connectivity index (χ1) is 10.9. The van der Waals surface area contributed by atoms with Crippen LogP contribution < -0.4 is 5.43 Å². The Morgan fingerprint density at radius 3 is 2.43 bits per heavy atom. The number of aromatic nitrogens is 2. The highest BCUT2D eigenvalue weighted by atomic mass is 16.2. The van der Waals surface area contributed by atoms with Crippen molar-refractivity contribution < 1.29 is 4.79 Å². The van der Waals surface area contributed by atoms with Gasteiger partial charge in [-0.15, -0.1) is 0 Å². The summed E-state index contributed by atoms with van der Waals surface area (Å²) in [6.45, 7) is 9.98. The molecule has 1 aromatic heterocycles. The molecule has 0 unspecified atom stereocenters. The zero-order chi connectivity index (χ0) is 16.7. The van der Waals surface area contributed by atoms with E-state index in [9.17, 15) is 4.79 Å². The van der Waals surface area contributed by atoms with Crippen LogP contribution in [0.4, 0.5) is 0 Å². The first-order valence-corrected chi connectivity index (χ1v) is 7.59. The van der Waals surface area contributed by atoms with Crippen molar-refractivity contribution in [1.29, 1.82) is 0 Å². The summed E-state index contributed by atoms with van der Waals surface area (Å²) >= 11 is 0. The molecule has 0 spiro atoms. The Labute approximate surface area is 135 Å². The van der Waals surface area contributed by atoms with Crippen LogP contribution >= 0.6 is 0 Å². The molecule has 0 saturated carbocycles. The molecule has 0 fully saturated rings. The molecule has 5 nitrogen and oxygen atoms in total. The first kappa shape index (κ1) is 15.2. The Morgan fingerprint density at radius 2 is 1.83 bits per heavy atom. The third-order valence-electron chi connectivity index (χ3n) is 4.33. The van der Waals surface area contributed by atoms with E-state index in [-0.39, 0.29) is 5.91 Å². The fourth-order valence-electron chi connectivity index (χ4n) is 2.71. The molecule has 2 heterocycles. The zero-order valence-corrected chi connectivity index (χ0v) is 14.1. The van der Waals surface area contributed by atoms with Gasteiger partial charge in [0.2, 0.25) is 0 Å². The van der Waals surface area contributed by atoms with Gasteiger partial charge in [-0.3, -0.25) is 4.79 Å². The van der Waals surface area contributed by atoms with Gasteiger partial charge in [0.15, 0.2) is 0 Å². The summed E-state index contributed by atoms with van der Waals surface area (Å²) in [5.74, 6) is -0.166. The average Bonchev–Trinajstić information content (AvgIpc) is 2.97. The van der Waals surface area contributed by atoms with Crippen LogP contribution in [0.1, 0.15) is 35.0 Å². The van der Waals surface area contributed by atoms with Crippen molar-refractivity contribution >= 4 is 17.7 Å². The zero-order valence-electron chi connectivity index (χ0n) is 14.1. The van der Waals surface area contributed by atoms with Gasteiger partial charge >= 0.3 is 0 Å². The van der Waals surface area contributed by atoms with Gasteiger partial charge in [-0.2, -0.15) is 10.2 Å².